The third-order valence-corrected chi connectivity index (χ3v) is 5.66. The Bertz CT molecular complexity index is 1170. The monoisotopic (exact) mass is 492 g/mol. The van der Waals surface area contributed by atoms with Crippen molar-refractivity contribution < 1.29 is 32.5 Å². The first-order valence-electron chi connectivity index (χ1n) is 10.4. The van der Waals surface area contributed by atoms with Crippen molar-refractivity contribution in [1.82, 2.24) is 4.98 Å². The van der Waals surface area contributed by atoms with Crippen LogP contribution in [0.15, 0.2) is 60.8 Å². The lowest BCUT2D eigenvalue weighted by Gasteiger charge is -2.22. The zero-order valence-electron chi connectivity index (χ0n) is 17.8. The van der Waals surface area contributed by atoms with E-state index in [0.29, 0.717) is 36.0 Å². The predicted molar refractivity (Wildman–Crippen MR) is 121 cm³/mol. The summed E-state index contributed by atoms with van der Waals surface area (Å²) in [6.45, 7) is 0.500. The number of halogens is 4. The summed E-state index contributed by atoms with van der Waals surface area (Å²) in [6.07, 6.45) is -3.42. The summed E-state index contributed by atoms with van der Waals surface area (Å²) in [4.78, 5) is 16.8. The van der Waals surface area contributed by atoms with Gasteiger partial charge in [-0.05, 0) is 29.8 Å². The number of rotatable bonds is 7. The van der Waals surface area contributed by atoms with E-state index in [9.17, 15) is 18.0 Å². The van der Waals surface area contributed by atoms with Gasteiger partial charge in [0.15, 0.2) is 6.61 Å². The van der Waals surface area contributed by atoms with Crippen LogP contribution in [-0.4, -0.2) is 41.9 Å². The molecule has 0 radical (unpaired) electrons. The van der Waals surface area contributed by atoms with Gasteiger partial charge in [-0.15, -0.1) is 0 Å². The van der Waals surface area contributed by atoms with Gasteiger partial charge in [0.2, 0.25) is 5.88 Å². The Morgan fingerprint density at radius 2 is 1.97 bits per heavy atom. The van der Waals surface area contributed by atoms with Gasteiger partial charge in [0.05, 0.1) is 17.8 Å². The molecule has 2 heterocycles. The molecule has 3 aromatic rings. The van der Waals surface area contributed by atoms with Crippen LogP contribution in [0, 0.1) is 0 Å². The second-order valence-electron chi connectivity index (χ2n) is 7.70. The number of carbonyl (C=O) groups is 1. The lowest BCUT2D eigenvalue weighted by atomic mass is 10.0. The second kappa shape index (κ2) is 9.80. The lowest BCUT2D eigenvalue weighted by molar-refractivity contribution is -0.139. The number of hydrogen-bond acceptors (Lipinski definition) is 5. The number of ether oxygens (including phenoxy) is 2. The van der Waals surface area contributed by atoms with Crippen LogP contribution < -0.4 is 14.4 Å². The Hall–Kier alpha value is -3.46. The van der Waals surface area contributed by atoms with Crippen molar-refractivity contribution in [2.75, 3.05) is 24.6 Å². The Morgan fingerprint density at radius 3 is 2.65 bits per heavy atom. The van der Waals surface area contributed by atoms with E-state index >= 15 is 0 Å². The fraction of sp³-hybridized carbons (Fsp3) is 0.250. The van der Waals surface area contributed by atoms with Crippen LogP contribution in [0.2, 0.25) is 5.02 Å². The minimum absolute atomic E-state index is 0.108. The third kappa shape index (κ3) is 5.53. The smallest absolute Gasteiger partial charge is 0.417 e. The van der Waals surface area contributed by atoms with Gasteiger partial charge < -0.3 is 19.5 Å². The summed E-state index contributed by atoms with van der Waals surface area (Å²) >= 11 is 6.31. The van der Waals surface area contributed by atoms with E-state index in [0.717, 1.165) is 23.4 Å². The Labute approximate surface area is 198 Å². The highest BCUT2D eigenvalue weighted by Gasteiger charge is 2.31. The average Bonchev–Trinajstić information content (AvgIpc) is 3.26. The molecular formula is C24H20ClF3N2O4. The highest BCUT2D eigenvalue weighted by atomic mass is 35.5. The summed E-state index contributed by atoms with van der Waals surface area (Å²) in [7, 11) is 0. The van der Waals surface area contributed by atoms with Crippen LogP contribution in [0.25, 0.3) is 11.1 Å². The number of alkyl halides is 3. The van der Waals surface area contributed by atoms with Crippen LogP contribution in [0.4, 0.5) is 18.9 Å². The first kappa shape index (κ1) is 23.7. The number of benzene rings is 2. The molecule has 0 aliphatic carbocycles. The standard InChI is InChI=1S/C24H20ClF3N2O4/c25-19-4-2-1-3-18(19)15-5-7-20(21(11-15)33-14-23(31)32)30-10-9-17(13-30)34-22-8-6-16(12-29-22)24(26,27)28/h1-8,11-12,17H,9-10,13-14H2,(H,31,32)/t17-/m0/s1. The van der Waals surface area contributed by atoms with Gasteiger partial charge >= 0.3 is 12.1 Å². The van der Waals surface area contributed by atoms with Crippen LogP contribution in [-0.2, 0) is 11.0 Å². The number of aliphatic carboxylic acids is 1. The molecule has 0 spiro atoms. The summed E-state index contributed by atoms with van der Waals surface area (Å²) in [5.74, 6) is -0.616. The quantitative estimate of drug-likeness (QED) is 0.467. The van der Waals surface area contributed by atoms with Gasteiger partial charge in [-0.25, -0.2) is 9.78 Å². The van der Waals surface area contributed by atoms with Crippen molar-refractivity contribution in [1.29, 1.82) is 0 Å². The molecule has 1 saturated heterocycles. The van der Waals surface area contributed by atoms with E-state index in [1.54, 1.807) is 12.1 Å². The molecule has 2 aromatic carbocycles. The Balaban J connectivity index is 1.51. The van der Waals surface area contributed by atoms with Crippen molar-refractivity contribution in [3.63, 3.8) is 0 Å². The number of hydrogen-bond donors (Lipinski definition) is 1. The number of carboxylic acids is 1. The maximum Gasteiger partial charge on any atom is 0.417 e. The van der Waals surface area contributed by atoms with Crippen LogP contribution in [0.5, 0.6) is 11.6 Å². The number of carboxylic acid groups (broad SMARTS) is 1. The molecule has 1 aromatic heterocycles. The number of aromatic nitrogens is 1. The van der Waals surface area contributed by atoms with Gasteiger partial charge in [0.1, 0.15) is 11.9 Å². The summed E-state index contributed by atoms with van der Waals surface area (Å²) < 4.78 is 49.5. The molecule has 1 N–H and O–H groups in total. The topological polar surface area (TPSA) is 71.9 Å². The summed E-state index contributed by atoms with van der Waals surface area (Å²) in [5.41, 5.74) is 1.40. The molecule has 0 unspecified atom stereocenters. The van der Waals surface area contributed by atoms with E-state index in [1.807, 2.05) is 35.2 Å². The average molecular weight is 493 g/mol. The molecule has 10 heteroatoms. The van der Waals surface area contributed by atoms with Crippen LogP contribution >= 0.6 is 11.6 Å². The van der Waals surface area contributed by atoms with E-state index in [1.165, 1.54) is 6.07 Å². The molecule has 4 rings (SSSR count). The first-order chi connectivity index (χ1) is 16.2. The molecule has 0 bridgehead atoms. The summed E-state index contributed by atoms with van der Waals surface area (Å²) in [6, 6.07) is 14.9. The molecule has 34 heavy (non-hydrogen) atoms. The Morgan fingerprint density at radius 1 is 1.18 bits per heavy atom. The molecule has 1 fully saturated rings. The number of nitrogens with zero attached hydrogens (tertiary/aromatic N) is 2. The molecular weight excluding hydrogens is 473 g/mol. The molecule has 178 valence electrons. The molecule has 0 amide bonds. The second-order valence-corrected chi connectivity index (χ2v) is 8.11. The third-order valence-electron chi connectivity index (χ3n) is 5.33. The number of anilines is 1. The van der Waals surface area contributed by atoms with E-state index in [2.05, 4.69) is 4.98 Å². The largest absolute Gasteiger partial charge is 0.480 e. The van der Waals surface area contributed by atoms with Gasteiger partial charge in [-0.3, -0.25) is 0 Å². The van der Waals surface area contributed by atoms with Gasteiger partial charge in [0.25, 0.3) is 0 Å². The predicted octanol–water partition coefficient (Wildman–Crippen LogP) is 5.54. The molecule has 0 saturated carbocycles. The van der Waals surface area contributed by atoms with Crippen molar-refractivity contribution in [2.45, 2.75) is 18.7 Å². The minimum atomic E-state index is -4.46. The molecule has 1 aliphatic rings. The first-order valence-corrected chi connectivity index (χ1v) is 10.8. The molecule has 1 atom stereocenters. The zero-order valence-corrected chi connectivity index (χ0v) is 18.5. The fourth-order valence-corrected chi connectivity index (χ4v) is 3.97. The highest BCUT2D eigenvalue weighted by molar-refractivity contribution is 6.33. The number of pyridine rings is 1. The fourth-order valence-electron chi connectivity index (χ4n) is 3.72. The van der Waals surface area contributed by atoms with Gasteiger partial charge in [0, 0.05) is 35.8 Å². The van der Waals surface area contributed by atoms with E-state index < -0.39 is 24.3 Å². The summed E-state index contributed by atoms with van der Waals surface area (Å²) in [5, 5.41) is 9.63. The van der Waals surface area contributed by atoms with Crippen LogP contribution in [0.3, 0.4) is 0 Å². The lowest BCUT2D eigenvalue weighted by Crippen LogP contribution is -2.25. The molecule has 6 nitrogen and oxygen atoms in total. The van der Waals surface area contributed by atoms with Gasteiger partial charge in [-0.1, -0.05) is 35.9 Å². The van der Waals surface area contributed by atoms with Crippen molar-refractivity contribution >= 4 is 23.3 Å². The molecule has 1 aliphatic heterocycles. The highest BCUT2D eigenvalue weighted by Crippen LogP contribution is 2.37. The Kier molecular flexibility index (Phi) is 6.83. The normalized spacial score (nSPS) is 15.9. The maximum atomic E-state index is 12.7. The van der Waals surface area contributed by atoms with Crippen molar-refractivity contribution in [2.24, 2.45) is 0 Å². The van der Waals surface area contributed by atoms with Crippen LogP contribution in [0.1, 0.15) is 12.0 Å². The minimum Gasteiger partial charge on any atom is -0.480 e. The SMILES string of the molecule is O=C(O)COc1cc(-c2ccccc2Cl)ccc1N1CC[C@H](Oc2ccc(C(F)(F)F)cn2)C1. The van der Waals surface area contributed by atoms with Gasteiger partial charge in [-0.2, -0.15) is 13.2 Å². The van der Waals surface area contributed by atoms with Crippen molar-refractivity contribution in [3.8, 4) is 22.8 Å². The van der Waals surface area contributed by atoms with E-state index in [4.69, 9.17) is 26.2 Å². The zero-order chi connectivity index (χ0) is 24.3. The maximum absolute atomic E-state index is 12.7. The van der Waals surface area contributed by atoms with E-state index in [-0.39, 0.29) is 12.0 Å². The van der Waals surface area contributed by atoms with Crippen molar-refractivity contribution in [3.05, 3.63) is 71.4 Å².